The summed E-state index contributed by atoms with van der Waals surface area (Å²) >= 11 is 0. The number of allylic oxidation sites excluding steroid dienone is 24. The fourth-order valence-corrected chi connectivity index (χ4v) is 6.38. The summed E-state index contributed by atoms with van der Waals surface area (Å²) in [6.07, 6.45) is 80.8. The molecule has 5 heteroatoms. The first kappa shape index (κ1) is 59.8. The van der Waals surface area contributed by atoms with E-state index >= 15 is 0 Å². The Hall–Kier alpha value is -4.22. The molecule has 0 saturated carbocycles. The van der Waals surface area contributed by atoms with Gasteiger partial charge in [0.1, 0.15) is 6.61 Å². The number of hydrogen-bond acceptors (Lipinski definition) is 5. The van der Waals surface area contributed by atoms with E-state index < -0.39 is 6.10 Å². The van der Waals surface area contributed by atoms with Crippen LogP contribution < -0.4 is 0 Å². The van der Waals surface area contributed by atoms with E-state index in [-0.39, 0.29) is 25.2 Å². The number of aliphatic hydroxyl groups is 1. The highest BCUT2D eigenvalue weighted by atomic mass is 16.6. The number of carbonyl (C=O) groups excluding carboxylic acids is 2. The van der Waals surface area contributed by atoms with Gasteiger partial charge in [-0.3, -0.25) is 9.59 Å². The first-order valence-corrected chi connectivity index (χ1v) is 25.4. The van der Waals surface area contributed by atoms with E-state index in [9.17, 15) is 14.7 Å². The van der Waals surface area contributed by atoms with Crippen LogP contribution in [-0.2, 0) is 19.1 Å². The van der Waals surface area contributed by atoms with Crippen molar-refractivity contribution in [2.24, 2.45) is 0 Å². The van der Waals surface area contributed by atoms with Gasteiger partial charge in [0.2, 0.25) is 0 Å². The van der Waals surface area contributed by atoms with E-state index in [4.69, 9.17) is 9.47 Å². The van der Waals surface area contributed by atoms with Crippen LogP contribution in [0.25, 0.3) is 0 Å². The van der Waals surface area contributed by atoms with Gasteiger partial charge in [0.25, 0.3) is 0 Å². The smallest absolute Gasteiger partial charge is 0.306 e. The molecule has 1 N–H and O–H groups in total. The van der Waals surface area contributed by atoms with E-state index in [0.717, 1.165) is 135 Å². The summed E-state index contributed by atoms with van der Waals surface area (Å²) in [4.78, 5) is 24.4. The molecular weight excluding hydrogens is 789 g/mol. The Morgan fingerprint density at radius 3 is 0.938 bits per heavy atom. The van der Waals surface area contributed by atoms with Gasteiger partial charge in [0, 0.05) is 12.8 Å². The van der Waals surface area contributed by atoms with E-state index in [2.05, 4.69) is 160 Å². The zero-order valence-corrected chi connectivity index (χ0v) is 40.7. The Labute approximate surface area is 393 Å². The number of ether oxygens (including phenoxy) is 2. The molecule has 0 amide bonds. The lowest BCUT2D eigenvalue weighted by atomic mass is 10.1. The van der Waals surface area contributed by atoms with Crippen molar-refractivity contribution in [3.8, 4) is 0 Å². The average molecular weight is 881 g/mol. The van der Waals surface area contributed by atoms with Crippen molar-refractivity contribution in [3.05, 3.63) is 146 Å². The van der Waals surface area contributed by atoms with Gasteiger partial charge in [-0.1, -0.05) is 211 Å². The highest BCUT2D eigenvalue weighted by Crippen LogP contribution is 2.13. The predicted octanol–water partition coefficient (Wildman–Crippen LogP) is 17.1. The Morgan fingerprint density at radius 2 is 0.625 bits per heavy atom. The highest BCUT2D eigenvalue weighted by molar-refractivity contribution is 5.70. The van der Waals surface area contributed by atoms with Crippen molar-refractivity contribution in [2.45, 2.75) is 200 Å². The number of carbonyl (C=O) groups is 2. The lowest BCUT2D eigenvalue weighted by Crippen LogP contribution is -2.28. The predicted molar refractivity (Wildman–Crippen MR) is 278 cm³/mol. The van der Waals surface area contributed by atoms with Gasteiger partial charge in [-0.15, -0.1) is 0 Å². The monoisotopic (exact) mass is 881 g/mol. The summed E-state index contributed by atoms with van der Waals surface area (Å²) in [5.74, 6) is -0.641. The van der Waals surface area contributed by atoms with Crippen molar-refractivity contribution < 1.29 is 24.2 Å². The average Bonchev–Trinajstić information content (AvgIpc) is 3.30. The zero-order chi connectivity index (χ0) is 46.3. The Bertz CT molecular complexity index is 1410. The molecule has 1 unspecified atom stereocenters. The second-order valence-corrected chi connectivity index (χ2v) is 16.1. The normalized spacial score (nSPS) is 13.5. The van der Waals surface area contributed by atoms with E-state index in [1.165, 1.54) is 32.1 Å². The van der Waals surface area contributed by atoms with E-state index in [0.29, 0.717) is 12.8 Å². The maximum atomic E-state index is 12.3. The Kier molecular flexibility index (Phi) is 49.6. The molecule has 0 aromatic heterocycles. The third-order valence-electron chi connectivity index (χ3n) is 10.1. The summed E-state index contributed by atoms with van der Waals surface area (Å²) in [5.41, 5.74) is 0. The molecular formula is C59H92O5. The van der Waals surface area contributed by atoms with Crippen molar-refractivity contribution in [2.75, 3.05) is 13.2 Å². The number of hydrogen-bond donors (Lipinski definition) is 1. The van der Waals surface area contributed by atoms with Crippen LogP contribution in [0.4, 0.5) is 0 Å². The third-order valence-corrected chi connectivity index (χ3v) is 10.1. The van der Waals surface area contributed by atoms with Gasteiger partial charge in [0.05, 0.1) is 6.61 Å². The van der Waals surface area contributed by atoms with Crippen molar-refractivity contribution in [1.82, 2.24) is 0 Å². The molecule has 0 bridgehead atoms. The molecule has 0 aliphatic rings. The number of aliphatic hydroxyl groups excluding tert-OH is 1. The minimum atomic E-state index is -0.798. The lowest BCUT2D eigenvalue weighted by molar-refractivity contribution is -0.161. The molecule has 0 aromatic carbocycles. The fraction of sp³-hybridized carbons (Fsp3) is 0.559. The van der Waals surface area contributed by atoms with Crippen LogP contribution in [0.15, 0.2) is 146 Å². The Balaban J connectivity index is 3.64. The SMILES string of the molecule is CC/C=C\C/C=C\C/C=C\C/C=C\C/C=C\C/C=C\C/C=C\C/C=C\CCCCCCCCCCC(=O)OC(CO)COC(=O)CCCCCC/C=C\C/C=C\C/C=C\C/C=C\CC. The first-order valence-electron chi connectivity index (χ1n) is 25.4. The van der Waals surface area contributed by atoms with Gasteiger partial charge < -0.3 is 14.6 Å². The Morgan fingerprint density at radius 1 is 0.359 bits per heavy atom. The van der Waals surface area contributed by atoms with Crippen LogP contribution in [0.2, 0.25) is 0 Å². The second-order valence-electron chi connectivity index (χ2n) is 16.1. The molecule has 0 aliphatic carbocycles. The molecule has 0 radical (unpaired) electrons. The maximum absolute atomic E-state index is 12.3. The van der Waals surface area contributed by atoms with Crippen LogP contribution in [0, 0.1) is 0 Å². The fourth-order valence-electron chi connectivity index (χ4n) is 6.38. The van der Waals surface area contributed by atoms with Crippen molar-refractivity contribution in [1.29, 1.82) is 0 Å². The van der Waals surface area contributed by atoms with Gasteiger partial charge >= 0.3 is 11.9 Å². The molecule has 0 saturated heterocycles. The van der Waals surface area contributed by atoms with Crippen LogP contribution >= 0.6 is 0 Å². The van der Waals surface area contributed by atoms with Gasteiger partial charge in [-0.05, 0) is 116 Å². The van der Waals surface area contributed by atoms with Crippen LogP contribution in [0.3, 0.4) is 0 Å². The molecule has 1 atom stereocenters. The minimum absolute atomic E-state index is 0.0918. The molecule has 358 valence electrons. The number of unbranched alkanes of at least 4 members (excludes halogenated alkanes) is 12. The van der Waals surface area contributed by atoms with Crippen molar-refractivity contribution in [3.63, 3.8) is 0 Å². The largest absolute Gasteiger partial charge is 0.462 e. The molecule has 0 heterocycles. The highest BCUT2D eigenvalue weighted by Gasteiger charge is 2.16. The van der Waals surface area contributed by atoms with E-state index in [1.807, 2.05) is 0 Å². The third kappa shape index (κ3) is 50.4. The minimum Gasteiger partial charge on any atom is -0.462 e. The summed E-state index contributed by atoms with van der Waals surface area (Å²) in [6.45, 7) is 3.87. The summed E-state index contributed by atoms with van der Waals surface area (Å²) in [6, 6.07) is 0. The molecule has 0 aliphatic heterocycles. The van der Waals surface area contributed by atoms with Crippen LogP contribution in [-0.4, -0.2) is 36.4 Å². The van der Waals surface area contributed by atoms with Crippen molar-refractivity contribution >= 4 is 11.9 Å². The van der Waals surface area contributed by atoms with E-state index in [1.54, 1.807) is 0 Å². The van der Waals surface area contributed by atoms with Gasteiger partial charge in [0.15, 0.2) is 6.10 Å². The van der Waals surface area contributed by atoms with Crippen LogP contribution in [0.1, 0.15) is 194 Å². The van der Waals surface area contributed by atoms with Gasteiger partial charge in [-0.2, -0.15) is 0 Å². The summed E-state index contributed by atoms with van der Waals surface area (Å²) in [7, 11) is 0. The standard InChI is InChI=1S/C59H92O5/c1-3-5-7-9-11-13-15-17-19-21-22-23-24-25-26-27-28-29-30-31-32-33-34-35-36-38-40-42-44-46-48-50-52-54-59(62)64-57(55-60)56-63-58(61)53-51-49-47-45-43-41-39-37-20-18-16-14-12-10-8-6-4-2/h5-8,11-14,17-20,22-23,25-26,28-29,31-32,34-35,39,41,57,60H,3-4,9-10,15-16,21,24,27,30,33,36-38,40,42-56H2,1-2H3/b7-5-,8-6-,13-11-,14-12-,19-17-,20-18-,23-22-,26-25-,29-28-,32-31-,35-34-,41-39-. The number of esters is 2. The quantitative estimate of drug-likeness (QED) is 0.0375. The summed E-state index contributed by atoms with van der Waals surface area (Å²) in [5, 5.41) is 9.62. The van der Waals surface area contributed by atoms with Crippen LogP contribution in [0.5, 0.6) is 0 Å². The molecule has 0 aromatic rings. The topological polar surface area (TPSA) is 72.8 Å². The molecule has 0 fully saturated rings. The zero-order valence-electron chi connectivity index (χ0n) is 40.7. The lowest BCUT2D eigenvalue weighted by Gasteiger charge is -2.15. The molecule has 0 rings (SSSR count). The number of rotatable bonds is 44. The first-order chi connectivity index (χ1) is 31.6. The summed E-state index contributed by atoms with van der Waals surface area (Å²) < 4.78 is 10.6. The molecule has 5 nitrogen and oxygen atoms in total. The molecule has 0 spiro atoms. The van der Waals surface area contributed by atoms with Gasteiger partial charge in [-0.25, -0.2) is 0 Å². The molecule has 64 heavy (non-hydrogen) atoms. The maximum Gasteiger partial charge on any atom is 0.306 e. The second kappa shape index (κ2) is 53.1.